The average Bonchev–Trinajstić information content (AvgIpc) is 2.81. The van der Waals surface area contributed by atoms with Gasteiger partial charge in [-0.1, -0.05) is 93.1 Å². The molecule has 0 aliphatic heterocycles. The van der Waals surface area contributed by atoms with Crippen molar-refractivity contribution in [2.75, 3.05) is 4.90 Å². The Balaban J connectivity index is 2.41. The Hall–Kier alpha value is -3.67. The summed E-state index contributed by atoms with van der Waals surface area (Å²) >= 11 is 0. The van der Waals surface area contributed by atoms with Crippen molar-refractivity contribution < 1.29 is 14.8 Å². The normalized spacial score (nSPS) is 13.7. The first-order valence-corrected chi connectivity index (χ1v) is 10.8. The second-order valence-electron chi connectivity index (χ2n) is 7.78. The molecule has 0 spiro atoms. The van der Waals surface area contributed by atoms with Gasteiger partial charge in [-0.25, -0.2) is 4.79 Å². The predicted octanol–water partition coefficient (Wildman–Crippen LogP) is 6.97. The number of nitro groups is 1. The van der Waals surface area contributed by atoms with Crippen LogP contribution in [0, 0.1) is 10.1 Å². The fourth-order valence-corrected chi connectivity index (χ4v) is 4.86. The molecular formula is C26H28N2O4. The van der Waals surface area contributed by atoms with E-state index in [-0.39, 0.29) is 17.3 Å². The van der Waals surface area contributed by atoms with Crippen LogP contribution in [0.25, 0.3) is 0 Å². The largest absolute Gasteiger partial charge is 0.465 e. The lowest BCUT2D eigenvalue weighted by molar-refractivity contribution is -0.384. The highest BCUT2D eigenvalue weighted by Gasteiger charge is 2.49. The number of hydrogen-bond acceptors (Lipinski definition) is 3. The maximum atomic E-state index is 12.9. The molecule has 1 N–H and O–H groups in total. The predicted molar refractivity (Wildman–Crippen MR) is 126 cm³/mol. The van der Waals surface area contributed by atoms with Gasteiger partial charge in [0.05, 0.1) is 10.5 Å². The molecule has 6 heteroatoms. The topological polar surface area (TPSA) is 83.7 Å². The summed E-state index contributed by atoms with van der Waals surface area (Å²) in [6.07, 6.45) is 0.639. The van der Waals surface area contributed by atoms with Gasteiger partial charge in [-0.3, -0.25) is 15.0 Å². The van der Waals surface area contributed by atoms with E-state index < -0.39 is 16.6 Å². The summed E-state index contributed by atoms with van der Waals surface area (Å²) in [6, 6.07) is 25.4. The van der Waals surface area contributed by atoms with Crippen molar-refractivity contribution >= 4 is 17.5 Å². The summed E-state index contributed by atoms with van der Waals surface area (Å²) < 4.78 is 0. The number of benzene rings is 3. The summed E-state index contributed by atoms with van der Waals surface area (Å²) in [4.78, 5) is 25.5. The van der Waals surface area contributed by atoms with Gasteiger partial charge >= 0.3 is 6.09 Å². The van der Waals surface area contributed by atoms with Crippen molar-refractivity contribution in [3.8, 4) is 0 Å². The van der Waals surface area contributed by atoms with Gasteiger partial charge in [-0.05, 0) is 30.0 Å². The first kappa shape index (κ1) is 23.0. The molecule has 166 valence electrons. The van der Waals surface area contributed by atoms with E-state index in [0.29, 0.717) is 19.3 Å². The van der Waals surface area contributed by atoms with Crippen LogP contribution in [0.1, 0.15) is 50.2 Å². The lowest BCUT2D eigenvalue weighted by Crippen LogP contribution is -2.53. The van der Waals surface area contributed by atoms with E-state index in [2.05, 4.69) is 0 Å². The van der Waals surface area contributed by atoms with Crippen molar-refractivity contribution in [1.29, 1.82) is 0 Å². The van der Waals surface area contributed by atoms with Gasteiger partial charge in [0.2, 0.25) is 0 Å². The van der Waals surface area contributed by atoms with Crippen molar-refractivity contribution in [3.05, 3.63) is 106 Å². The molecule has 6 nitrogen and oxygen atoms in total. The first-order valence-electron chi connectivity index (χ1n) is 10.8. The third-order valence-corrected chi connectivity index (χ3v) is 6.00. The van der Waals surface area contributed by atoms with Crippen LogP contribution in [-0.2, 0) is 5.54 Å². The molecule has 32 heavy (non-hydrogen) atoms. The molecule has 0 saturated carbocycles. The third kappa shape index (κ3) is 4.21. The molecule has 2 unspecified atom stereocenters. The van der Waals surface area contributed by atoms with Crippen LogP contribution >= 0.6 is 0 Å². The monoisotopic (exact) mass is 432 g/mol. The summed E-state index contributed by atoms with van der Waals surface area (Å²) in [7, 11) is 0. The fraction of sp³-hybridized carbons (Fsp3) is 0.269. The molecule has 0 fully saturated rings. The fourth-order valence-electron chi connectivity index (χ4n) is 4.86. The van der Waals surface area contributed by atoms with Crippen LogP contribution in [0.3, 0.4) is 0 Å². The smallest absolute Gasteiger partial charge is 0.412 e. The highest BCUT2D eigenvalue weighted by molar-refractivity contribution is 5.91. The Morgan fingerprint density at radius 3 is 2.06 bits per heavy atom. The Kier molecular flexibility index (Phi) is 7.25. The van der Waals surface area contributed by atoms with Gasteiger partial charge in [-0.15, -0.1) is 0 Å². The van der Waals surface area contributed by atoms with E-state index >= 15 is 0 Å². The number of nitro benzene ring substituents is 1. The van der Waals surface area contributed by atoms with Crippen molar-refractivity contribution in [2.24, 2.45) is 0 Å². The summed E-state index contributed by atoms with van der Waals surface area (Å²) in [6.45, 7) is 4.04. The molecule has 3 rings (SSSR count). The molecule has 0 bridgehead atoms. The van der Waals surface area contributed by atoms with E-state index in [1.165, 1.54) is 17.0 Å². The second-order valence-corrected chi connectivity index (χ2v) is 7.78. The van der Waals surface area contributed by atoms with Crippen LogP contribution in [0.5, 0.6) is 0 Å². The molecular weight excluding hydrogens is 404 g/mol. The van der Waals surface area contributed by atoms with Gasteiger partial charge in [0.15, 0.2) is 0 Å². The quantitative estimate of drug-likeness (QED) is 0.292. The number of nitrogens with zero attached hydrogens (tertiary/aromatic N) is 2. The van der Waals surface area contributed by atoms with Crippen LogP contribution in [0.2, 0.25) is 0 Å². The van der Waals surface area contributed by atoms with Gasteiger partial charge in [-0.2, -0.15) is 0 Å². The Morgan fingerprint density at radius 1 is 0.969 bits per heavy atom. The van der Waals surface area contributed by atoms with Crippen LogP contribution in [0.15, 0.2) is 84.9 Å². The molecule has 3 aromatic rings. The number of carboxylic acid groups (broad SMARTS) is 1. The average molecular weight is 433 g/mol. The first-order chi connectivity index (χ1) is 15.5. The zero-order valence-corrected chi connectivity index (χ0v) is 18.3. The molecule has 3 aromatic carbocycles. The van der Waals surface area contributed by atoms with E-state index in [0.717, 1.165) is 11.1 Å². The van der Waals surface area contributed by atoms with E-state index in [1.807, 2.05) is 74.5 Å². The zero-order valence-electron chi connectivity index (χ0n) is 18.3. The molecule has 2 atom stereocenters. The van der Waals surface area contributed by atoms with Crippen molar-refractivity contribution in [1.82, 2.24) is 0 Å². The summed E-state index contributed by atoms with van der Waals surface area (Å²) in [5, 5.41) is 22.4. The highest BCUT2D eigenvalue weighted by Crippen LogP contribution is 2.50. The minimum absolute atomic E-state index is 0.0803. The molecule has 0 aliphatic rings. The number of para-hydroxylation sites is 2. The number of rotatable bonds is 9. The Morgan fingerprint density at radius 2 is 1.53 bits per heavy atom. The molecule has 0 aromatic heterocycles. The van der Waals surface area contributed by atoms with Gasteiger partial charge in [0.25, 0.3) is 5.69 Å². The number of amides is 1. The standard InChI is InChI=1S/C26H28N2O4/c1-3-19-26(21-15-9-6-10-16-21,22(4-2)20-13-7-5-8-14-20)27(25(29)30)23-17-11-12-18-24(23)28(31)32/h5-18,22H,3-4,19H2,1-2H3,(H,29,30). The minimum atomic E-state index is -1.22. The summed E-state index contributed by atoms with van der Waals surface area (Å²) in [5.41, 5.74) is 0.630. The number of anilines is 1. The number of hydrogen-bond donors (Lipinski definition) is 1. The van der Waals surface area contributed by atoms with Crippen molar-refractivity contribution in [2.45, 2.75) is 44.6 Å². The van der Waals surface area contributed by atoms with Gasteiger partial charge < -0.3 is 5.11 Å². The lowest BCUT2D eigenvalue weighted by atomic mass is 9.69. The second kappa shape index (κ2) is 10.1. The van der Waals surface area contributed by atoms with E-state index in [1.54, 1.807) is 12.1 Å². The van der Waals surface area contributed by atoms with Crippen molar-refractivity contribution in [3.63, 3.8) is 0 Å². The third-order valence-electron chi connectivity index (χ3n) is 6.00. The van der Waals surface area contributed by atoms with Crippen LogP contribution < -0.4 is 4.90 Å². The number of carbonyl (C=O) groups is 1. The minimum Gasteiger partial charge on any atom is -0.465 e. The molecule has 0 heterocycles. The van der Waals surface area contributed by atoms with Gasteiger partial charge in [0.1, 0.15) is 5.69 Å². The molecule has 0 aliphatic carbocycles. The SMILES string of the molecule is CCCC(c1ccccc1)(C(CC)c1ccccc1)N(C(=O)O)c1ccccc1[N+](=O)[O-]. The lowest BCUT2D eigenvalue weighted by Gasteiger charge is -2.48. The summed E-state index contributed by atoms with van der Waals surface area (Å²) in [5.74, 6) is -0.220. The van der Waals surface area contributed by atoms with E-state index in [4.69, 9.17) is 0 Å². The Bertz CT molecular complexity index is 1060. The van der Waals surface area contributed by atoms with Crippen LogP contribution in [-0.4, -0.2) is 16.1 Å². The van der Waals surface area contributed by atoms with Gasteiger partial charge in [0, 0.05) is 12.0 Å². The zero-order chi connectivity index (χ0) is 23.1. The molecule has 1 amide bonds. The maximum Gasteiger partial charge on any atom is 0.412 e. The Labute approximate surface area is 188 Å². The van der Waals surface area contributed by atoms with Crippen LogP contribution in [0.4, 0.5) is 16.2 Å². The molecule has 0 radical (unpaired) electrons. The molecule has 0 saturated heterocycles. The highest BCUT2D eigenvalue weighted by atomic mass is 16.6. The maximum absolute atomic E-state index is 12.9. The van der Waals surface area contributed by atoms with E-state index in [9.17, 15) is 20.0 Å².